The highest BCUT2D eigenvalue weighted by Crippen LogP contribution is 2.34. The average molecular weight is 286 g/mol. The summed E-state index contributed by atoms with van der Waals surface area (Å²) in [6.07, 6.45) is -0.0375. The van der Waals surface area contributed by atoms with E-state index in [-0.39, 0.29) is 18.1 Å². The number of para-hydroxylation sites is 1. The molecular weight excluding hydrogens is 272 g/mol. The van der Waals surface area contributed by atoms with Crippen molar-refractivity contribution in [1.82, 2.24) is 9.97 Å². The van der Waals surface area contributed by atoms with E-state index in [2.05, 4.69) is 9.97 Å². The van der Waals surface area contributed by atoms with E-state index in [0.717, 1.165) is 11.3 Å². The molecule has 1 aromatic heterocycles. The maximum Gasteiger partial charge on any atom is 0.308 e. The number of ether oxygens (including phenoxy) is 1. The molecule has 1 atom stereocenters. The largest absolute Gasteiger partial charge is 0.482 e. The summed E-state index contributed by atoms with van der Waals surface area (Å²) in [6, 6.07) is 7.67. The maximum atomic E-state index is 12.0. The molecule has 6 nitrogen and oxygen atoms in total. The van der Waals surface area contributed by atoms with Gasteiger partial charge in [0.05, 0.1) is 6.42 Å². The Morgan fingerprint density at radius 2 is 2.24 bits per heavy atom. The fourth-order valence-corrected chi connectivity index (χ4v) is 2.48. The summed E-state index contributed by atoms with van der Waals surface area (Å²) in [6.45, 7) is 1.64. The number of nitrogens with zero attached hydrogens (tertiary/aromatic N) is 1. The molecule has 2 aromatic rings. The first-order chi connectivity index (χ1) is 10.0. The second-order valence-corrected chi connectivity index (χ2v) is 5.00. The van der Waals surface area contributed by atoms with Gasteiger partial charge < -0.3 is 14.8 Å². The molecule has 3 rings (SSSR count). The Morgan fingerprint density at radius 1 is 1.48 bits per heavy atom. The van der Waals surface area contributed by atoms with Crippen molar-refractivity contribution in [2.24, 2.45) is 0 Å². The van der Waals surface area contributed by atoms with Gasteiger partial charge in [-0.3, -0.25) is 9.59 Å². The van der Waals surface area contributed by atoms with Crippen LogP contribution in [-0.4, -0.2) is 21.0 Å². The van der Waals surface area contributed by atoms with Crippen LogP contribution in [0.3, 0.4) is 0 Å². The molecule has 0 radical (unpaired) electrons. The molecule has 0 saturated heterocycles. The van der Waals surface area contributed by atoms with Crippen molar-refractivity contribution < 1.29 is 14.6 Å². The van der Waals surface area contributed by atoms with Crippen molar-refractivity contribution in [3.63, 3.8) is 0 Å². The SMILES string of the molecule is Cc1nc(C2Cc3ccccc3O2)[nH]c(=O)c1CC(=O)O. The highest BCUT2D eigenvalue weighted by Gasteiger charge is 2.26. The molecule has 1 unspecified atom stereocenters. The number of fused-ring (bicyclic) bond motifs is 1. The third-order valence-electron chi connectivity index (χ3n) is 3.52. The van der Waals surface area contributed by atoms with Crippen LogP contribution in [0.5, 0.6) is 5.75 Å². The van der Waals surface area contributed by atoms with E-state index in [9.17, 15) is 9.59 Å². The number of benzene rings is 1. The van der Waals surface area contributed by atoms with Crippen molar-refractivity contribution in [3.05, 3.63) is 57.3 Å². The van der Waals surface area contributed by atoms with Crippen LogP contribution in [0, 0.1) is 6.92 Å². The first-order valence-corrected chi connectivity index (χ1v) is 6.60. The summed E-state index contributed by atoms with van der Waals surface area (Å²) in [4.78, 5) is 29.7. The lowest BCUT2D eigenvalue weighted by Gasteiger charge is -2.11. The molecule has 2 heterocycles. The quantitative estimate of drug-likeness (QED) is 0.889. The first-order valence-electron chi connectivity index (χ1n) is 6.60. The standard InChI is InChI=1S/C15H14N2O4/c1-8-10(7-13(18)19)15(20)17-14(16-8)12-6-9-4-2-3-5-11(9)21-12/h2-5,12H,6-7H2,1H3,(H,18,19)(H,16,17,20). The predicted octanol–water partition coefficient (Wildman–Crippen LogP) is 1.38. The van der Waals surface area contributed by atoms with Crippen molar-refractivity contribution in [2.45, 2.75) is 25.9 Å². The summed E-state index contributed by atoms with van der Waals surface area (Å²) in [7, 11) is 0. The number of aliphatic carboxylic acids is 1. The maximum absolute atomic E-state index is 12.0. The van der Waals surface area contributed by atoms with Gasteiger partial charge in [-0.15, -0.1) is 0 Å². The van der Waals surface area contributed by atoms with E-state index in [1.54, 1.807) is 6.92 Å². The summed E-state index contributed by atoms with van der Waals surface area (Å²) in [5.74, 6) is 0.169. The highest BCUT2D eigenvalue weighted by atomic mass is 16.5. The molecule has 0 spiro atoms. The highest BCUT2D eigenvalue weighted by molar-refractivity contribution is 5.70. The van der Waals surface area contributed by atoms with Gasteiger partial charge in [-0.2, -0.15) is 0 Å². The number of hydrogen-bond acceptors (Lipinski definition) is 4. The molecule has 1 aliphatic rings. The third-order valence-corrected chi connectivity index (χ3v) is 3.52. The van der Waals surface area contributed by atoms with E-state index < -0.39 is 11.5 Å². The van der Waals surface area contributed by atoms with Crippen LogP contribution in [0.15, 0.2) is 29.1 Å². The third kappa shape index (κ3) is 2.52. The van der Waals surface area contributed by atoms with Gasteiger partial charge in [0.1, 0.15) is 5.75 Å². The second-order valence-electron chi connectivity index (χ2n) is 5.00. The second kappa shape index (κ2) is 5.05. The Labute approximate surface area is 120 Å². The molecule has 0 saturated carbocycles. The number of aryl methyl sites for hydroxylation is 1. The molecule has 1 aromatic carbocycles. The van der Waals surface area contributed by atoms with Gasteiger partial charge in [-0.25, -0.2) is 4.98 Å². The zero-order chi connectivity index (χ0) is 15.0. The van der Waals surface area contributed by atoms with Gasteiger partial charge >= 0.3 is 5.97 Å². The smallest absolute Gasteiger partial charge is 0.308 e. The summed E-state index contributed by atoms with van der Waals surface area (Å²) < 4.78 is 5.77. The van der Waals surface area contributed by atoms with Crippen molar-refractivity contribution in [2.75, 3.05) is 0 Å². The fourth-order valence-electron chi connectivity index (χ4n) is 2.48. The van der Waals surface area contributed by atoms with E-state index >= 15 is 0 Å². The summed E-state index contributed by atoms with van der Waals surface area (Å²) in [5, 5.41) is 8.81. The molecule has 108 valence electrons. The van der Waals surface area contributed by atoms with Crippen LogP contribution < -0.4 is 10.3 Å². The molecule has 21 heavy (non-hydrogen) atoms. The van der Waals surface area contributed by atoms with Crippen molar-refractivity contribution in [1.29, 1.82) is 0 Å². The summed E-state index contributed by atoms with van der Waals surface area (Å²) >= 11 is 0. The molecule has 0 aliphatic carbocycles. The zero-order valence-electron chi connectivity index (χ0n) is 11.4. The number of carboxylic acids is 1. The topological polar surface area (TPSA) is 92.3 Å². The van der Waals surface area contributed by atoms with Crippen LogP contribution in [0.4, 0.5) is 0 Å². The lowest BCUT2D eigenvalue weighted by molar-refractivity contribution is -0.136. The molecule has 2 N–H and O–H groups in total. The first kappa shape index (κ1) is 13.4. The fraction of sp³-hybridized carbons (Fsp3) is 0.267. The van der Waals surface area contributed by atoms with Crippen LogP contribution in [-0.2, 0) is 17.6 Å². The van der Waals surface area contributed by atoms with Crippen LogP contribution in [0.1, 0.15) is 28.7 Å². The van der Waals surface area contributed by atoms with Gasteiger partial charge in [0.15, 0.2) is 11.9 Å². The number of aromatic amines is 1. The number of hydrogen-bond donors (Lipinski definition) is 2. The lowest BCUT2D eigenvalue weighted by atomic mass is 10.1. The van der Waals surface area contributed by atoms with Gasteiger partial charge in [0, 0.05) is 17.7 Å². The monoisotopic (exact) mass is 286 g/mol. The Kier molecular flexibility index (Phi) is 3.21. The number of H-pyrrole nitrogens is 1. The Morgan fingerprint density at radius 3 is 2.90 bits per heavy atom. The molecule has 0 bridgehead atoms. The minimum absolute atomic E-state index is 0.182. The van der Waals surface area contributed by atoms with Gasteiger partial charge in [0.2, 0.25) is 0 Å². The van der Waals surface area contributed by atoms with Crippen molar-refractivity contribution >= 4 is 5.97 Å². The van der Waals surface area contributed by atoms with Gasteiger partial charge in [-0.05, 0) is 18.6 Å². The molecule has 0 amide bonds. The molecule has 1 aliphatic heterocycles. The molecule has 0 fully saturated rings. The number of carbonyl (C=O) groups is 1. The van der Waals surface area contributed by atoms with Crippen LogP contribution >= 0.6 is 0 Å². The Bertz CT molecular complexity index is 742. The van der Waals surface area contributed by atoms with Gasteiger partial charge in [0.25, 0.3) is 5.56 Å². The summed E-state index contributed by atoms with van der Waals surface area (Å²) in [5.41, 5.74) is 1.26. The van der Waals surface area contributed by atoms with Crippen LogP contribution in [0.2, 0.25) is 0 Å². The van der Waals surface area contributed by atoms with Crippen molar-refractivity contribution in [3.8, 4) is 5.75 Å². The predicted molar refractivity (Wildman–Crippen MR) is 74.4 cm³/mol. The number of carboxylic acid groups (broad SMARTS) is 1. The van der Waals surface area contributed by atoms with E-state index in [1.807, 2.05) is 24.3 Å². The Hall–Kier alpha value is -2.63. The average Bonchev–Trinajstić information content (AvgIpc) is 2.86. The van der Waals surface area contributed by atoms with Gasteiger partial charge in [-0.1, -0.05) is 18.2 Å². The number of aromatic nitrogens is 2. The van der Waals surface area contributed by atoms with E-state index in [1.165, 1.54) is 0 Å². The minimum atomic E-state index is -1.05. The number of rotatable bonds is 3. The minimum Gasteiger partial charge on any atom is -0.482 e. The zero-order valence-corrected chi connectivity index (χ0v) is 11.4. The van der Waals surface area contributed by atoms with Crippen LogP contribution in [0.25, 0.3) is 0 Å². The van der Waals surface area contributed by atoms with E-state index in [0.29, 0.717) is 17.9 Å². The Balaban J connectivity index is 1.92. The molecule has 6 heteroatoms. The normalized spacial score (nSPS) is 16.3. The molecular formula is C15H14N2O4. The number of nitrogens with one attached hydrogen (secondary N) is 1. The van der Waals surface area contributed by atoms with E-state index in [4.69, 9.17) is 9.84 Å². The lowest BCUT2D eigenvalue weighted by Crippen LogP contribution is -2.23.